The summed E-state index contributed by atoms with van der Waals surface area (Å²) in [5.41, 5.74) is 8.06. The Morgan fingerprint density at radius 3 is 2.68 bits per heavy atom. The van der Waals surface area contributed by atoms with E-state index in [2.05, 4.69) is 35.9 Å². The van der Waals surface area contributed by atoms with Crippen molar-refractivity contribution in [1.82, 2.24) is 14.5 Å². The summed E-state index contributed by atoms with van der Waals surface area (Å²) in [7, 11) is 0. The minimum Gasteiger partial charge on any atom is -0.373 e. The SMILES string of the molecule is CC1CN(Cc2ccc3[nH]c(-c4cccn(C(N)=O)c4=O)cc3c2)CC(C)O1. The number of primary amides is 1. The predicted molar refractivity (Wildman–Crippen MR) is 108 cm³/mol. The van der Waals surface area contributed by atoms with Crippen molar-refractivity contribution in [2.24, 2.45) is 5.73 Å². The van der Waals surface area contributed by atoms with Gasteiger partial charge in [0.05, 0.1) is 23.5 Å². The normalized spacial score (nSPS) is 20.5. The number of amides is 1. The number of nitrogens with zero attached hydrogens (tertiary/aromatic N) is 2. The minimum absolute atomic E-state index is 0.233. The number of aromatic amines is 1. The number of ether oxygens (including phenoxy) is 1. The molecule has 2 atom stereocenters. The Morgan fingerprint density at radius 1 is 1.21 bits per heavy atom. The number of morpholine rings is 1. The van der Waals surface area contributed by atoms with Gasteiger partial charge in [-0.05, 0) is 49.7 Å². The molecule has 1 saturated heterocycles. The summed E-state index contributed by atoms with van der Waals surface area (Å²) < 4.78 is 6.71. The van der Waals surface area contributed by atoms with Crippen LogP contribution in [0, 0.1) is 0 Å². The molecule has 0 bridgehead atoms. The molecule has 0 radical (unpaired) electrons. The molecule has 28 heavy (non-hydrogen) atoms. The van der Waals surface area contributed by atoms with Crippen LogP contribution >= 0.6 is 0 Å². The highest BCUT2D eigenvalue weighted by molar-refractivity contribution is 5.86. The topological polar surface area (TPSA) is 93.4 Å². The van der Waals surface area contributed by atoms with Gasteiger partial charge in [-0.25, -0.2) is 9.36 Å². The third kappa shape index (κ3) is 3.58. The second-order valence-electron chi connectivity index (χ2n) is 7.49. The number of hydrogen-bond donors (Lipinski definition) is 2. The number of carbonyl (C=O) groups is 1. The highest BCUT2D eigenvalue weighted by Gasteiger charge is 2.22. The summed E-state index contributed by atoms with van der Waals surface area (Å²) in [4.78, 5) is 29.6. The Hall–Kier alpha value is -2.90. The van der Waals surface area contributed by atoms with Crippen molar-refractivity contribution >= 4 is 16.9 Å². The van der Waals surface area contributed by atoms with E-state index in [0.29, 0.717) is 11.3 Å². The fraction of sp³-hybridized carbons (Fsp3) is 0.333. The largest absolute Gasteiger partial charge is 0.373 e. The van der Waals surface area contributed by atoms with Crippen molar-refractivity contribution in [2.75, 3.05) is 13.1 Å². The second kappa shape index (κ2) is 7.26. The summed E-state index contributed by atoms with van der Waals surface area (Å²) in [5, 5.41) is 1.02. The summed E-state index contributed by atoms with van der Waals surface area (Å²) in [5.74, 6) is 0. The summed E-state index contributed by atoms with van der Waals surface area (Å²) in [6, 6.07) is 10.7. The Bertz CT molecular complexity index is 1070. The van der Waals surface area contributed by atoms with Crippen LogP contribution in [0.4, 0.5) is 4.79 Å². The fourth-order valence-corrected chi connectivity index (χ4v) is 3.97. The number of carbonyl (C=O) groups excluding carboxylic acids is 1. The number of nitrogens with one attached hydrogen (secondary N) is 1. The van der Waals surface area contributed by atoms with Crippen LogP contribution in [0.3, 0.4) is 0 Å². The van der Waals surface area contributed by atoms with E-state index in [-0.39, 0.29) is 12.2 Å². The first-order valence-corrected chi connectivity index (χ1v) is 9.42. The van der Waals surface area contributed by atoms with Gasteiger partial charge in [-0.3, -0.25) is 9.69 Å². The molecule has 1 aliphatic heterocycles. The zero-order chi connectivity index (χ0) is 19.8. The van der Waals surface area contributed by atoms with Crippen molar-refractivity contribution in [3.63, 3.8) is 0 Å². The first kappa shape index (κ1) is 18.5. The van der Waals surface area contributed by atoms with E-state index in [1.165, 1.54) is 11.8 Å². The van der Waals surface area contributed by atoms with Gasteiger partial charge in [0.2, 0.25) is 0 Å². The van der Waals surface area contributed by atoms with Crippen LogP contribution < -0.4 is 11.3 Å². The molecule has 0 aliphatic carbocycles. The fourth-order valence-electron chi connectivity index (χ4n) is 3.97. The van der Waals surface area contributed by atoms with Crippen molar-refractivity contribution in [2.45, 2.75) is 32.6 Å². The molecule has 4 rings (SSSR count). The summed E-state index contributed by atoms with van der Waals surface area (Å²) in [6.45, 7) is 6.88. The molecule has 3 aromatic rings. The average molecular weight is 380 g/mol. The second-order valence-corrected chi connectivity index (χ2v) is 7.49. The molecule has 0 spiro atoms. The van der Waals surface area contributed by atoms with Gasteiger partial charge in [-0.1, -0.05) is 6.07 Å². The average Bonchev–Trinajstić information content (AvgIpc) is 3.03. The van der Waals surface area contributed by atoms with E-state index in [4.69, 9.17) is 10.5 Å². The number of fused-ring (bicyclic) bond motifs is 1. The van der Waals surface area contributed by atoms with Gasteiger partial charge in [-0.2, -0.15) is 0 Å². The smallest absolute Gasteiger partial charge is 0.325 e. The van der Waals surface area contributed by atoms with E-state index in [1.807, 2.05) is 12.1 Å². The van der Waals surface area contributed by atoms with E-state index in [9.17, 15) is 9.59 Å². The number of rotatable bonds is 3. The molecular formula is C21H24N4O3. The molecule has 2 unspecified atom stereocenters. The molecule has 1 aromatic carbocycles. The third-order valence-electron chi connectivity index (χ3n) is 5.06. The van der Waals surface area contributed by atoms with E-state index >= 15 is 0 Å². The molecule has 3 heterocycles. The molecule has 0 saturated carbocycles. The quantitative estimate of drug-likeness (QED) is 0.730. The third-order valence-corrected chi connectivity index (χ3v) is 5.06. The van der Waals surface area contributed by atoms with E-state index in [0.717, 1.165) is 35.1 Å². The van der Waals surface area contributed by atoms with E-state index in [1.54, 1.807) is 12.1 Å². The van der Waals surface area contributed by atoms with Crippen LogP contribution in [0.15, 0.2) is 47.4 Å². The lowest BCUT2D eigenvalue weighted by Crippen LogP contribution is -2.44. The molecule has 2 aromatic heterocycles. The standard InChI is InChI=1S/C21H24N4O3/c1-13-10-24(11-14(2)28-13)12-15-5-6-18-16(8-15)9-19(23-18)17-4-3-7-25(20(17)26)21(22)27/h3-9,13-14,23H,10-12H2,1-2H3,(H2,22,27). The molecule has 3 N–H and O–H groups in total. The van der Waals surface area contributed by atoms with Gasteiger partial charge in [0, 0.05) is 36.7 Å². The molecule has 1 amide bonds. The molecular weight excluding hydrogens is 356 g/mol. The molecule has 146 valence electrons. The lowest BCUT2D eigenvalue weighted by molar-refractivity contribution is -0.0704. The van der Waals surface area contributed by atoms with Crippen molar-refractivity contribution in [3.8, 4) is 11.3 Å². The van der Waals surface area contributed by atoms with Crippen molar-refractivity contribution in [1.29, 1.82) is 0 Å². The zero-order valence-corrected chi connectivity index (χ0v) is 16.0. The minimum atomic E-state index is -0.792. The van der Waals surface area contributed by atoms with Gasteiger partial charge in [0.1, 0.15) is 0 Å². The maximum atomic E-state index is 12.5. The molecule has 1 aliphatic rings. The highest BCUT2D eigenvalue weighted by Crippen LogP contribution is 2.24. The Kier molecular flexibility index (Phi) is 4.78. The number of pyridine rings is 1. The van der Waals surface area contributed by atoms with Crippen LogP contribution in [-0.2, 0) is 11.3 Å². The molecule has 7 heteroatoms. The van der Waals surface area contributed by atoms with E-state index < -0.39 is 11.6 Å². The first-order chi connectivity index (χ1) is 13.4. The predicted octanol–water partition coefficient (Wildman–Crippen LogP) is 2.53. The van der Waals surface area contributed by atoms with Crippen LogP contribution in [0.1, 0.15) is 19.4 Å². The molecule has 1 fully saturated rings. The van der Waals surface area contributed by atoms with Crippen LogP contribution in [-0.4, -0.2) is 45.8 Å². The maximum Gasteiger partial charge on any atom is 0.325 e. The first-order valence-electron chi connectivity index (χ1n) is 9.42. The Balaban J connectivity index is 1.63. The zero-order valence-electron chi connectivity index (χ0n) is 16.0. The highest BCUT2D eigenvalue weighted by atomic mass is 16.5. The number of hydrogen-bond acceptors (Lipinski definition) is 4. The monoisotopic (exact) mass is 380 g/mol. The van der Waals surface area contributed by atoms with Gasteiger partial charge in [0.25, 0.3) is 5.56 Å². The van der Waals surface area contributed by atoms with Crippen molar-refractivity contribution < 1.29 is 9.53 Å². The van der Waals surface area contributed by atoms with Gasteiger partial charge in [-0.15, -0.1) is 0 Å². The lowest BCUT2D eigenvalue weighted by atomic mass is 10.1. The summed E-state index contributed by atoms with van der Waals surface area (Å²) >= 11 is 0. The van der Waals surface area contributed by atoms with Crippen LogP contribution in [0.25, 0.3) is 22.2 Å². The van der Waals surface area contributed by atoms with Crippen molar-refractivity contribution in [3.05, 3.63) is 58.5 Å². The van der Waals surface area contributed by atoms with Gasteiger partial charge < -0.3 is 15.5 Å². The molecule has 7 nitrogen and oxygen atoms in total. The lowest BCUT2D eigenvalue weighted by Gasteiger charge is -2.35. The number of benzene rings is 1. The summed E-state index contributed by atoms with van der Waals surface area (Å²) in [6.07, 6.45) is 1.84. The number of nitrogens with two attached hydrogens (primary N) is 1. The number of aromatic nitrogens is 2. The Labute approximate surface area is 162 Å². The van der Waals surface area contributed by atoms with Gasteiger partial charge in [0.15, 0.2) is 0 Å². The Morgan fingerprint density at radius 2 is 1.96 bits per heavy atom. The van der Waals surface area contributed by atoms with Gasteiger partial charge >= 0.3 is 6.03 Å². The van der Waals surface area contributed by atoms with Crippen LogP contribution in [0.2, 0.25) is 0 Å². The van der Waals surface area contributed by atoms with Crippen LogP contribution in [0.5, 0.6) is 0 Å². The number of H-pyrrole nitrogens is 1. The maximum absolute atomic E-state index is 12.5.